The topological polar surface area (TPSA) is 67.4 Å². The summed E-state index contributed by atoms with van der Waals surface area (Å²) >= 11 is 3.33. The lowest BCUT2D eigenvalue weighted by Crippen LogP contribution is -2.25. The van der Waals surface area contributed by atoms with Gasteiger partial charge in [-0.2, -0.15) is 8.78 Å². The largest absolute Gasteiger partial charge is 0.435 e. The van der Waals surface area contributed by atoms with E-state index in [-0.39, 0.29) is 23.8 Å². The van der Waals surface area contributed by atoms with Crippen molar-refractivity contribution in [3.8, 4) is 5.75 Å². The summed E-state index contributed by atoms with van der Waals surface area (Å²) in [6, 6.07) is 19.6. The monoisotopic (exact) mass is 474 g/mol. The number of hydrogen-bond donors (Lipinski definition) is 2. The lowest BCUT2D eigenvalue weighted by atomic mass is 10.1. The zero-order valence-corrected chi connectivity index (χ0v) is 17.2. The van der Waals surface area contributed by atoms with Gasteiger partial charge in [0, 0.05) is 11.0 Å². The summed E-state index contributed by atoms with van der Waals surface area (Å²) in [7, 11) is 0. The molecule has 0 aliphatic carbocycles. The zero-order chi connectivity index (χ0) is 21.5. The summed E-state index contributed by atoms with van der Waals surface area (Å²) in [4.78, 5) is 25.2. The second kappa shape index (κ2) is 9.98. The van der Waals surface area contributed by atoms with Crippen molar-refractivity contribution in [2.75, 3.05) is 5.32 Å². The number of anilines is 1. The molecule has 30 heavy (non-hydrogen) atoms. The molecule has 2 amide bonds. The number of benzene rings is 3. The van der Waals surface area contributed by atoms with E-state index in [2.05, 4.69) is 31.3 Å². The molecule has 154 valence electrons. The van der Waals surface area contributed by atoms with Gasteiger partial charge in [0.2, 0.25) is 0 Å². The Morgan fingerprint density at radius 2 is 1.60 bits per heavy atom. The maximum Gasteiger partial charge on any atom is 0.387 e. The first-order chi connectivity index (χ1) is 14.4. The Kier molecular flexibility index (Phi) is 7.13. The highest BCUT2D eigenvalue weighted by atomic mass is 79.9. The van der Waals surface area contributed by atoms with E-state index in [9.17, 15) is 18.4 Å². The molecule has 0 atom stereocenters. The molecule has 0 fully saturated rings. The van der Waals surface area contributed by atoms with Crippen LogP contribution in [0, 0.1) is 0 Å². The number of halogens is 3. The normalized spacial score (nSPS) is 10.5. The van der Waals surface area contributed by atoms with E-state index < -0.39 is 12.5 Å². The molecule has 3 rings (SSSR count). The molecule has 0 aliphatic rings. The predicted octanol–water partition coefficient (Wildman–Crippen LogP) is 5.23. The molecule has 3 aromatic rings. The van der Waals surface area contributed by atoms with Crippen LogP contribution < -0.4 is 15.4 Å². The van der Waals surface area contributed by atoms with Gasteiger partial charge in [-0.15, -0.1) is 0 Å². The van der Waals surface area contributed by atoms with Crippen LogP contribution >= 0.6 is 15.9 Å². The van der Waals surface area contributed by atoms with Crippen LogP contribution in [0.5, 0.6) is 5.75 Å². The lowest BCUT2D eigenvalue weighted by molar-refractivity contribution is -0.0498. The van der Waals surface area contributed by atoms with Crippen LogP contribution in [0.1, 0.15) is 26.3 Å². The van der Waals surface area contributed by atoms with Gasteiger partial charge in [-0.05, 0) is 57.9 Å². The minimum atomic E-state index is -2.92. The Bertz CT molecular complexity index is 1060. The Balaban J connectivity index is 1.70. The number of amides is 2. The highest BCUT2D eigenvalue weighted by Gasteiger charge is 2.15. The number of rotatable bonds is 7. The maximum absolute atomic E-state index is 12.7. The molecule has 0 bridgehead atoms. The van der Waals surface area contributed by atoms with E-state index in [0.29, 0.717) is 21.3 Å². The van der Waals surface area contributed by atoms with Crippen LogP contribution in [0.2, 0.25) is 0 Å². The second-order valence-electron chi connectivity index (χ2n) is 6.19. The average Bonchev–Trinajstić information content (AvgIpc) is 2.72. The van der Waals surface area contributed by atoms with Gasteiger partial charge in [-0.1, -0.05) is 36.4 Å². The number of alkyl halides is 2. The minimum absolute atomic E-state index is 0.0119. The summed E-state index contributed by atoms with van der Waals surface area (Å²) in [5.74, 6) is -0.768. The van der Waals surface area contributed by atoms with Crippen LogP contribution in [0.3, 0.4) is 0 Å². The number of ether oxygens (including phenoxy) is 1. The third kappa shape index (κ3) is 5.64. The van der Waals surface area contributed by atoms with E-state index in [1.165, 1.54) is 12.1 Å². The minimum Gasteiger partial charge on any atom is -0.435 e. The van der Waals surface area contributed by atoms with Crippen molar-refractivity contribution in [1.29, 1.82) is 0 Å². The highest BCUT2D eigenvalue weighted by Crippen LogP contribution is 2.21. The molecule has 5 nitrogen and oxygen atoms in total. The average molecular weight is 475 g/mol. The van der Waals surface area contributed by atoms with Crippen molar-refractivity contribution in [1.82, 2.24) is 5.32 Å². The van der Waals surface area contributed by atoms with Gasteiger partial charge in [0.1, 0.15) is 5.75 Å². The second-order valence-corrected chi connectivity index (χ2v) is 7.04. The van der Waals surface area contributed by atoms with Crippen molar-refractivity contribution >= 4 is 33.4 Å². The smallest absolute Gasteiger partial charge is 0.387 e. The third-order valence-corrected chi connectivity index (χ3v) is 4.81. The highest BCUT2D eigenvalue weighted by molar-refractivity contribution is 9.10. The molecule has 0 radical (unpaired) electrons. The molecule has 0 spiro atoms. The Morgan fingerprint density at radius 3 is 2.33 bits per heavy atom. The number of carbonyl (C=O) groups excluding carboxylic acids is 2. The SMILES string of the molecule is O=C(Nc1ccccc1C(=O)NCc1cccc(OC(F)F)c1)c1ccccc1Br. The summed E-state index contributed by atoms with van der Waals surface area (Å²) in [6.45, 7) is -2.82. The van der Waals surface area contributed by atoms with E-state index in [1.807, 2.05) is 0 Å². The molecule has 0 unspecified atom stereocenters. The van der Waals surface area contributed by atoms with Gasteiger partial charge in [0.05, 0.1) is 16.8 Å². The van der Waals surface area contributed by atoms with Crippen LogP contribution in [-0.4, -0.2) is 18.4 Å². The van der Waals surface area contributed by atoms with Crippen LogP contribution in [0.4, 0.5) is 14.5 Å². The number of carbonyl (C=O) groups is 2. The molecule has 3 aromatic carbocycles. The maximum atomic E-state index is 12.7. The summed E-state index contributed by atoms with van der Waals surface area (Å²) in [5, 5.41) is 5.46. The summed E-state index contributed by atoms with van der Waals surface area (Å²) < 4.78 is 29.7. The van der Waals surface area contributed by atoms with Gasteiger partial charge in [0.25, 0.3) is 11.8 Å². The van der Waals surface area contributed by atoms with Crippen molar-refractivity contribution in [2.45, 2.75) is 13.2 Å². The van der Waals surface area contributed by atoms with E-state index in [1.54, 1.807) is 60.7 Å². The lowest BCUT2D eigenvalue weighted by Gasteiger charge is -2.12. The number of para-hydroxylation sites is 1. The first-order valence-electron chi connectivity index (χ1n) is 8.91. The molecule has 0 heterocycles. The van der Waals surface area contributed by atoms with Gasteiger partial charge < -0.3 is 15.4 Å². The van der Waals surface area contributed by atoms with Crippen LogP contribution in [0.25, 0.3) is 0 Å². The van der Waals surface area contributed by atoms with Crippen LogP contribution in [-0.2, 0) is 6.54 Å². The first kappa shape index (κ1) is 21.4. The molecule has 0 saturated heterocycles. The Morgan fingerprint density at radius 1 is 0.900 bits per heavy atom. The third-order valence-electron chi connectivity index (χ3n) is 4.12. The van der Waals surface area contributed by atoms with Crippen LogP contribution in [0.15, 0.2) is 77.3 Å². The molecule has 2 N–H and O–H groups in total. The van der Waals surface area contributed by atoms with Gasteiger partial charge in [-0.25, -0.2) is 0 Å². The van der Waals surface area contributed by atoms with Gasteiger partial charge >= 0.3 is 6.61 Å². The van der Waals surface area contributed by atoms with E-state index in [0.717, 1.165) is 0 Å². The fraction of sp³-hybridized carbons (Fsp3) is 0.0909. The van der Waals surface area contributed by atoms with Crippen molar-refractivity contribution in [3.63, 3.8) is 0 Å². The summed E-state index contributed by atoms with van der Waals surface area (Å²) in [5.41, 5.74) is 1.66. The van der Waals surface area contributed by atoms with Gasteiger partial charge in [-0.3, -0.25) is 9.59 Å². The molecular formula is C22H17BrF2N2O3. The molecule has 8 heteroatoms. The fourth-order valence-electron chi connectivity index (χ4n) is 2.73. The molecule has 0 saturated carbocycles. The number of hydrogen-bond acceptors (Lipinski definition) is 3. The van der Waals surface area contributed by atoms with Crippen molar-refractivity contribution < 1.29 is 23.1 Å². The first-order valence-corrected chi connectivity index (χ1v) is 9.70. The summed E-state index contributed by atoms with van der Waals surface area (Å²) in [6.07, 6.45) is 0. The standard InChI is InChI=1S/C22H17BrF2N2O3/c23-18-10-3-1-8-16(18)21(29)27-19-11-4-2-9-17(19)20(28)26-13-14-6-5-7-15(12-14)30-22(24)25/h1-12,22H,13H2,(H,26,28)(H,27,29). The van der Waals surface area contributed by atoms with E-state index in [4.69, 9.17) is 0 Å². The Hall–Kier alpha value is -3.26. The van der Waals surface area contributed by atoms with E-state index >= 15 is 0 Å². The molecule has 0 aliphatic heterocycles. The fourth-order valence-corrected chi connectivity index (χ4v) is 3.20. The van der Waals surface area contributed by atoms with Gasteiger partial charge in [0.15, 0.2) is 0 Å². The van der Waals surface area contributed by atoms with Crippen molar-refractivity contribution in [2.24, 2.45) is 0 Å². The quantitative estimate of drug-likeness (QED) is 0.492. The molecular weight excluding hydrogens is 458 g/mol. The number of nitrogens with one attached hydrogen (secondary N) is 2. The Labute approximate surface area is 180 Å². The zero-order valence-electron chi connectivity index (χ0n) is 15.6. The van der Waals surface area contributed by atoms with Crippen molar-refractivity contribution in [3.05, 3.63) is 94.0 Å². The molecule has 0 aromatic heterocycles. The predicted molar refractivity (Wildman–Crippen MR) is 113 cm³/mol.